The lowest BCUT2D eigenvalue weighted by molar-refractivity contribution is 0.0956. The van der Waals surface area contributed by atoms with Crippen molar-refractivity contribution in [2.45, 2.75) is 13.0 Å². The Morgan fingerprint density at radius 1 is 0.976 bits per heavy atom. The zero-order chi connectivity index (χ0) is 28.6. The Balaban J connectivity index is 1.39. The first kappa shape index (κ1) is 27.3. The summed E-state index contributed by atoms with van der Waals surface area (Å²) in [5.41, 5.74) is 7.34. The number of nitrogens with one attached hydrogen (secondary N) is 1. The van der Waals surface area contributed by atoms with E-state index in [0.717, 1.165) is 16.5 Å². The zero-order valence-corrected chi connectivity index (χ0v) is 22.5. The monoisotopic (exact) mass is 545 g/mol. The van der Waals surface area contributed by atoms with Crippen LogP contribution in [0.15, 0.2) is 115 Å². The SMILES string of the molecule is C=CCc1cc(/C=N/NC(=O)c2cc(-c3ccccc3)nc3ccccc23)cc(OC)c1OCc1ccccc1F. The molecule has 0 bridgehead atoms. The lowest BCUT2D eigenvalue weighted by atomic mass is 10.0. The normalized spacial score (nSPS) is 11.0. The van der Waals surface area contributed by atoms with Crippen LogP contribution in [-0.4, -0.2) is 24.2 Å². The number of hydrogen-bond acceptors (Lipinski definition) is 5. The van der Waals surface area contributed by atoms with Gasteiger partial charge in [0, 0.05) is 22.1 Å². The summed E-state index contributed by atoms with van der Waals surface area (Å²) < 4.78 is 25.7. The van der Waals surface area contributed by atoms with Crippen molar-refractivity contribution < 1.29 is 18.7 Å². The highest BCUT2D eigenvalue weighted by atomic mass is 19.1. The van der Waals surface area contributed by atoms with E-state index in [1.807, 2.05) is 60.7 Å². The highest BCUT2D eigenvalue weighted by Crippen LogP contribution is 2.34. The van der Waals surface area contributed by atoms with Crippen LogP contribution in [0, 0.1) is 5.82 Å². The summed E-state index contributed by atoms with van der Waals surface area (Å²) in [5, 5.41) is 4.95. The maximum Gasteiger partial charge on any atom is 0.272 e. The molecule has 1 amide bonds. The second-order valence-electron chi connectivity index (χ2n) is 9.22. The number of aromatic nitrogens is 1. The Hall–Kier alpha value is -5.30. The lowest BCUT2D eigenvalue weighted by Crippen LogP contribution is -2.18. The van der Waals surface area contributed by atoms with Crippen LogP contribution >= 0.6 is 0 Å². The largest absolute Gasteiger partial charge is 0.493 e. The predicted octanol–water partition coefficient (Wildman–Crippen LogP) is 7.12. The second-order valence-corrected chi connectivity index (χ2v) is 9.22. The summed E-state index contributed by atoms with van der Waals surface area (Å²) in [4.78, 5) is 18.0. The molecule has 1 heterocycles. The van der Waals surface area contributed by atoms with Crippen LogP contribution in [0.1, 0.15) is 27.0 Å². The van der Waals surface area contributed by atoms with Crippen molar-refractivity contribution in [3.05, 3.63) is 138 Å². The van der Waals surface area contributed by atoms with Crippen molar-refractivity contribution in [2.24, 2.45) is 5.10 Å². The zero-order valence-electron chi connectivity index (χ0n) is 22.5. The number of fused-ring (bicyclic) bond motifs is 1. The molecule has 4 aromatic carbocycles. The number of rotatable bonds is 10. The maximum absolute atomic E-state index is 14.1. The molecule has 0 saturated carbocycles. The topological polar surface area (TPSA) is 72.8 Å². The fraction of sp³-hybridized carbons (Fsp3) is 0.0882. The molecule has 0 radical (unpaired) electrons. The molecule has 0 saturated heterocycles. The van der Waals surface area contributed by atoms with Gasteiger partial charge in [-0.3, -0.25) is 4.79 Å². The van der Waals surface area contributed by atoms with Gasteiger partial charge in [-0.25, -0.2) is 14.8 Å². The Bertz CT molecular complexity index is 1740. The Labute approximate surface area is 237 Å². The number of benzene rings is 4. The number of para-hydroxylation sites is 1. The van der Waals surface area contributed by atoms with E-state index in [1.54, 1.807) is 36.4 Å². The van der Waals surface area contributed by atoms with Crippen LogP contribution in [0.2, 0.25) is 0 Å². The molecule has 0 atom stereocenters. The second kappa shape index (κ2) is 12.7. The number of allylic oxidation sites excluding steroid dienone is 1. The molecule has 5 aromatic rings. The first-order valence-corrected chi connectivity index (χ1v) is 13.0. The number of pyridine rings is 1. The molecular formula is C34H28FN3O3. The van der Waals surface area contributed by atoms with E-state index in [-0.39, 0.29) is 18.3 Å². The average molecular weight is 546 g/mol. The van der Waals surface area contributed by atoms with Crippen molar-refractivity contribution >= 4 is 23.0 Å². The summed E-state index contributed by atoms with van der Waals surface area (Å²) in [5.74, 6) is 0.254. The van der Waals surface area contributed by atoms with Gasteiger partial charge in [0.25, 0.3) is 5.91 Å². The van der Waals surface area contributed by atoms with Gasteiger partial charge in [0.15, 0.2) is 11.5 Å². The Morgan fingerprint density at radius 2 is 1.73 bits per heavy atom. The van der Waals surface area contributed by atoms with Gasteiger partial charge in [-0.15, -0.1) is 6.58 Å². The third kappa shape index (κ3) is 6.31. The Kier molecular flexibility index (Phi) is 8.45. The first-order chi connectivity index (χ1) is 20.1. The minimum Gasteiger partial charge on any atom is -0.493 e. The molecule has 1 N–H and O–H groups in total. The molecule has 0 unspecified atom stereocenters. The summed E-state index contributed by atoms with van der Waals surface area (Å²) >= 11 is 0. The number of nitrogens with zero attached hydrogens (tertiary/aromatic N) is 2. The average Bonchev–Trinajstić information content (AvgIpc) is 3.01. The number of halogens is 1. The van der Waals surface area contributed by atoms with Gasteiger partial charge in [-0.1, -0.05) is 72.8 Å². The smallest absolute Gasteiger partial charge is 0.272 e. The molecule has 5 rings (SSSR count). The number of hydrazone groups is 1. The molecule has 1 aromatic heterocycles. The van der Waals surface area contributed by atoms with Gasteiger partial charge in [0.05, 0.1) is 30.1 Å². The molecule has 0 aliphatic rings. The van der Waals surface area contributed by atoms with Crippen LogP contribution in [0.4, 0.5) is 4.39 Å². The number of amides is 1. The van der Waals surface area contributed by atoms with Crippen molar-refractivity contribution in [2.75, 3.05) is 7.11 Å². The number of methoxy groups -OCH3 is 1. The van der Waals surface area contributed by atoms with Gasteiger partial charge in [-0.2, -0.15) is 5.10 Å². The van der Waals surface area contributed by atoms with Crippen molar-refractivity contribution in [1.29, 1.82) is 0 Å². The number of hydrogen-bond donors (Lipinski definition) is 1. The first-order valence-electron chi connectivity index (χ1n) is 13.0. The molecule has 6 nitrogen and oxygen atoms in total. The number of carbonyl (C=O) groups is 1. The van der Waals surface area contributed by atoms with E-state index >= 15 is 0 Å². The van der Waals surface area contributed by atoms with Crippen molar-refractivity contribution in [3.63, 3.8) is 0 Å². The van der Waals surface area contributed by atoms with Gasteiger partial charge in [0.1, 0.15) is 12.4 Å². The molecule has 41 heavy (non-hydrogen) atoms. The molecule has 0 spiro atoms. The molecule has 0 fully saturated rings. The molecule has 7 heteroatoms. The maximum atomic E-state index is 14.1. The number of carbonyl (C=O) groups excluding carboxylic acids is 1. The van der Waals surface area contributed by atoms with E-state index in [2.05, 4.69) is 17.1 Å². The number of ether oxygens (including phenoxy) is 2. The minimum atomic E-state index is -0.361. The fourth-order valence-corrected chi connectivity index (χ4v) is 4.49. The van der Waals surface area contributed by atoms with Crippen LogP contribution in [0.25, 0.3) is 22.2 Å². The van der Waals surface area contributed by atoms with Crippen LogP contribution in [0.3, 0.4) is 0 Å². The van der Waals surface area contributed by atoms with E-state index in [1.165, 1.54) is 19.4 Å². The van der Waals surface area contributed by atoms with Crippen LogP contribution < -0.4 is 14.9 Å². The van der Waals surface area contributed by atoms with Gasteiger partial charge in [0.2, 0.25) is 0 Å². The minimum absolute atomic E-state index is 0.0432. The fourth-order valence-electron chi connectivity index (χ4n) is 4.49. The standard InChI is InChI=1S/C34H28FN3O3/c1-3-11-25-18-23(19-32(40-2)33(25)41-22-26-14-7-9-16-29(26)35)21-36-38-34(39)28-20-31(24-12-5-4-6-13-24)37-30-17-10-8-15-27(28)30/h3-10,12-21H,1,11,22H2,2H3,(H,38,39)/b36-21+. The summed E-state index contributed by atoms with van der Waals surface area (Å²) in [6, 6.07) is 29.1. The molecule has 0 aliphatic carbocycles. The summed E-state index contributed by atoms with van der Waals surface area (Å²) in [7, 11) is 1.53. The van der Waals surface area contributed by atoms with E-state index < -0.39 is 0 Å². The van der Waals surface area contributed by atoms with Gasteiger partial charge in [-0.05, 0) is 42.3 Å². The Morgan fingerprint density at radius 3 is 2.51 bits per heavy atom. The predicted molar refractivity (Wildman–Crippen MR) is 160 cm³/mol. The molecular weight excluding hydrogens is 517 g/mol. The summed E-state index contributed by atoms with van der Waals surface area (Å²) in [6.45, 7) is 3.88. The molecule has 204 valence electrons. The quantitative estimate of drug-likeness (QED) is 0.115. The summed E-state index contributed by atoms with van der Waals surface area (Å²) in [6.07, 6.45) is 3.77. The van der Waals surface area contributed by atoms with E-state index in [4.69, 9.17) is 14.5 Å². The lowest BCUT2D eigenvalue weighted by Gasteiger charge is -2.16. The highest BCUT2D eigenvalue weighted by Gasteiger charge is 2.15. The third-order valence-corrected chi connectivity index (χ3v) is 6.48. The van der Waals surface area contributed by atoms with Crippen molar-refractivity contribution in [1.82, 2.24) is 10.4 Å². The van der Waals surface area contributed by atoms with Crippen molar-refractivity contribution in [3.8, 4) is 22.8 Å². The van der Waals surface area contributed by atoms with Crippen LogP contribution in [-0.2, 0) is 13.0 Å². The van der Waals surface area contributed by atoms with E-state index in [9.17, 15) is 9.18 Å². The van der Waals surface area contributed by atoms with Gasteiger partial charge >= 0.3 is 0 Å². The highest BCUT2D eigenvalue weighted by molar-refractivity contribution is 6.07. The van der Waals surface area contributed by atoms with Crippen LogP contribution in [0.5, 0.6) is 11.5 Å². The third-order valence-electron chi connectivity index (χ3n) is 6.48. The van der Waals surface area contributed by atoms with E-state index in [0.29, 0.717) is 45.8 Å². The van der Waals surface area contributed by atoms with Gasteiger partial charge < -0.3 is 9.47 Å². The molecule has 0 aliphatic heterocycles.